The molecule has 2 heterocycles. The molecule has 1 fully saturated rings. The molecule has 47 heavy (non-hydrogen) atoms. The Hall–Kier alpha value is -3.82. The molecule has 1 aliphatic carbocycles. The standard InChI is InChI=1S/C31H37F6N5O4S/c1-4-41(18-21-7-5-6-8-21)27-9-10-28(45-2)40-26(27)20-42(29-38-16-25(17-39-29)46-11-12-47(3,43)44)19-22-13-23(30(32,33)34)15-24(14-22)31(35,36)37/h9-10,13-17,21H,4-8,11-12,18-20H2,1-3H3. The molecule has 1 aliphatic rings. The lowest BCUT2D eigenvalue weighted by Gasteiger charge is -2.30. The van der Waals surface area contributed by atoms with Crippen LogP contribution in [0.5, 0.6) is 11.6 Å². The molecule has 16 heteroatoms. The van der Waals surface area contributed by atoms with E-state index >= 15 is 0 Å². The van der Waals surface area contributed by atoms with E-state index in [1.807, 2.05) is 13.0 Å². The average molecular weight is 690 g/mol. The van der Waals surface area contributed by atoms with Crippen LogP contribution in [-0.2, 0) is 35.3 Å². The topological polar surface area (TPSA) is 97.7 Å². The van der Waals surface area contributed by atoms with Gasteiger partial charge < -0.3 is 19.3 Å². The number of halogens is 6. The van der Waals surface area contributed by atoms with Crippen molar-refractivity contribution in [2.45, 2.75) is 58.0 Å². The van der Waals surface area contributed by atoms with E-state index in [9.17, 15) is 34.8 Å². The molecule has 258 valence electrons. The van der Waals surface area contributed by atoms with Crippen molar-refractivity contribution in [2.75, 3.05) is 48.6 Å². The van der Waals surface area contributed by atoms with Crippen molar-refractivity contribution in [1.82, 2.24) is 15.0 Å². The highest BCUT2D eigenvalue weighted by Crippen LogP contribution is 2.37. The molecular formula is C31H37F6N5O4S. The second-order valence-electron chi connectivity index (χ2n) is 11.5. The molecule has 0 unspecified atom stereocenters. The van der Waals surface area contributed by atoms with Crippen molar-refractivity contribution in [2.24, 2.45) is 5.92 Å². The van der Waals surface area contributed by atoms with Gasteiger partial charge in [-0.15, -0.1) is 0 Å². The Labute approximate surface area is 269 Å². The minimum Gasteiger partial charge on any atom is -0.489 e. The van der Waals surface area contributed by atoms with Crippen molar-refractivity contribution in [3.63, 3.8) is 0 Å². The van der Waals surface area contributed by atoms with E-state index < -0.39 is 39.9 Å². The van der Waals surface area contributed by atoms with Gasteiger partial charge in [0, 0.05) is 32.0 Å². The highest BCUT2D eigenvalue weighted by molar-refractivity contribution is 7.90. The van der Waals surface area contributed by atoms with Gasteiger partial charge in [0.2, 0.25) is 11.8 Å². The second kappa shape index (κ2) is 14.9. The Balaban J connectivity index is 1.75. The van der Waals surface area contributed by atoms with Gasteiger partial charge in [-0.05, 0) is 55.5 Å². The molecule has 3 aromatic rings. The quantitative estimate of drug-likeness (QED) is 0.174. The normalized spacial score (nSPS) is 14.3. The largest absolute Gasteiger partial charge is 0.489 e. The number of nitrogens with zero attached hydrogens (tertiary/aromatic N) is 5. The maximum atomic E-state index is 13.7. The van der Waals surface area contributed by atoms with Crippen LogP contribution in [0, 0.1) is 5.92 Å². The molecular weight excluding hydrogens is 652 g/mol. The van der Waals surface area contributed by atoms with Gasteiger partial charge in [-0.2, -0.15) is 26.3 Å². The number of hydrogen-bond acceptors (Lipinski definition) is 9. The molecule has 0 amide bonds. The number of ether oxygens (including phenoxy) is 2. The minimum absolute atomic E-state index is 0.0270. The fraction of sp³-hybridized carbons (Fsp3) is 0.516. The van der Waals surface area contributed by atoms with Gasteiger partial charge in [0.1, 0.15) is 6.61 Å². The maximum Gasteiger partial charge on any atom is 0.416 e. The first-order valence-electron chi connectivity index (χ1n) is 15.0. The molecule has 0 aliphatic heterocycles. The summed E-state index contributed by atoms with van der Waals surface area (Å²) in [6, 6.07) is 4.95. The number of hydrogen-bond donors (Lipinski definition) is 0. The summed E-state index contributed by atoms with van der Waals surface area (Å²) in [5.74, 6) is 0.599. The van der Waals surface area contributed by atoms with E-state index in [1.54, 1.807) is 6.07 Å². The van der Waals surface area contributed by atoms with Crippen LogP contribution < -0.4 is 19.3 Å². The van der Waals surface area contributed by atoms with Gasteiger partial charge in [0.15, 0.2) is 15.6 Å². The van der Waals surface area contributed by atoms with E-state index in [0.717, 1.165) is 44.2 Å². The van der Waals surface area contributed by atoms with E-state index in [4.69, 9.17) is 9.47 Å². The fourth-order valence-electron chi connectivity index (χ4n) is 5.46. The fourth-order valence-corrected chi connectivity index (χ4v) is 5.85. The van der Waals surface area contributed by atoms with Crippen LogP contribution in [0.15, 0.2) is 42.7 Å². The number of methoxy groups -OCH3 is 1. The Bertz CT molecular complexity index is 1570. The summed E-state index contributed by atoms with van der Waals surface area (Å²) in [6.45, 7) is 2.69. The summed E-state index contributed by atoms with van der Waals surface area (Å²) >= 11 is 0. The molecule has 4 rings (SSSR count). The highest BCUT2D eigenvalue weighted by atomic mass is 32.2. The van der Waals surface area contributed by atoms with E-state index in [1.165, 1.54) is 24.4 Å². The molecule has 0 saturated heterocycles. The Morgan fingerprint density at radius 2 is 1.53 bits per heavy atom. The smallest absolute Gasteiger partial charge is 0.416 e. The van der Waals surface area contributed by atoms with Crippen LogP contribution in [0.4, 0.5) is 38.0 Å². The number of alkyl halides is 6. The Morgan fingerprint density at radius 3 is 2.06 bits per heavy atom. The van der Waals surface area contributed by atoms with E-state index in [0.29, 0.717) is 30.3 Å². The monoisotopic (exact) mass is 689 g/mol. The van der Waals surface area contributed by atoms with Crippen molar-refractivity contribution >= 4 is 21.5 Å². The van der Waals surface area contributed by atoms with Crippen molar-refractivity contribution < 1.29 is 44.2 Å². The minimum atomic E-state index is -5.02. The van der Waals surface area contributed by atoms with Crippen molar-refractivity contribution in [3.8, 4) is 11.6 Å². The first-order chi connectivity index (χ1) is 22.1. The molecule has 1 aromatic carbocycles. The zero-order valence-electron chi connectivity index (χ0n) is 26.2. The predicted molar refractivity (Wildman–Crippen MR) is 164 cm³/mol. The number of rotatable bonds is 14. The molecule has 0 radical (unpaired) electrons. The summed E-state index contributed by atoms with van der Waals surface area (Å²) in [5.41, 5.74) is -1.94. The molecule has 9 nitrogen and oxygen atoms in total. The first-order valence-corrected chi connectivity index (χ1v) is 17.1. The van der Waals surface area contributed by atoms with Gasteiger partial charge >= 0.3 is 12.4 Å². The molecule has 1 saturated carbocycles. The van der Waals surface area contributed by atoms with Gasteiger partial charge in [-0.25, -0.2) is 23.4 Å². The molecule has 0 bridgehead atoms. The lowest BCUT2D eigenvalue weighted by Crippen LogP contribution is -2.31. The summed E-state index contributed by atoms with van der Waals surface area (Å²) < 4.78 is 116. The molecule has 2 aromatic heterocycles. The molecule has 0 atom stereocenters. The van der Waals surface area contributed by atoms with Crippen LogP contribution in [0.2, 0.25) is 0 Å². The number of pyridine rings is 1. The Kier molecular flexibility index (Phi) is 11.5. The van der Waals surface area contributed by atoms with Crippen molar-refractivity contribution in [3.05, 3.63) is 65.1 Å². The predicted octanol–water partition coefficient (Wildman–Crippen LogP) is 6.56. The summed E-state index contributed by atoms with van der Waals surface area (Å²) in [4.78, 5) is 16.8. The summed E-state index contributed by atoms with van der Waals surface area (Å²) in [5, 5.41) is 0. The number of benzene rings is 1. The third-order valence-corrected chi connectivity index (χ3v) is 8.70. The number of anilines is 2. The van der Waals surface area contributed by atoms with Gasteiger partial charge in [0.25, 0.3) is 0 Å². The van der Waals surface area contributed by atoms with Gasteiger partial charge in [-0.3, -0.25) is 0 Å². The second-order valence-corrected chi connectivity index (χ2v) is 13.7. The molecule has 0 N–H and O–H groups in total. The lowest BCUT2D eigenvalue weighted by molar-refractivity contribution is -0.143. The Morgan fingerprint density at radius 1 is 0.915 bits per heavy atom. The van der Waals surface area contributed by atoms with Gasteiger partial charge in [-0.1, -0.05) is 12.8 Å². The highest BCUT2D eigenvalue weighted by Gasteiger charge is 2.37. The first kappa shape index (κ1) is 36.0. The molecule has 0 spiro atoms. The number of aromatic nitrogens is 3. The number of sulfone groups is 1. The summed E-state index contributed by atoms with van der Waals surface area (Å²) in [7, 11) is -1.86. The third-order valence-electron chi connectivity index (χ3n) is 7.79. The van der Waals surface area contributed by atoms with Crippen LogP contribution in [0.25, 0.3) is 0 Å². The lowest BCUT2D eigenvalue weighted by atomic mass is 10.0. The van der Waals surface area contributed by atoms with E-state index in [2.05, 4.69) is 19.9 Å². The zero-order valence-corrected chi connectivity index (χ0v) is 27.1. The van der Waals surface area contributed by atoms with Crippen LogP contribution in [0.3, 0.4) is 0 Å². The van der Waals surface area contributed by atoms with Crippen LogP contribution in [0.1, 0.15) is 55.0 Å². The zero-order chi connectivity index (χ0) is 34.4. The van der Waals surface area contributed by atoms with Crippen LogP contribution in [-0.4, -0.2) is 62.2 Å². The van der Waals surface area contributed by atoms with E-state index in [-0.39, 0.29) is 48.1 Å². The third kappa shape index (κ3) is 10.3. The van der Waals surface area contributed by atoms with Gasteiger partial charge in [0.05, 0.1) is 54.3 Å². The van der Waals surface area contributed by atoms with Crippen LogP contribution >= 0.6 is 0 Å². The SMILES string of the molecule is CCN(CC1CCCC1)c1ccc(OC)nc1CN(Cc1cc(C(F)(F)F)cc(C(F)(F)F)c1)c1ncc(OCCS(C)(=O)=O)cn1. The maximum absolute atomic E-state index is 13.7. The average Bonchev–Trinajstić information content (AvgIpc) is 3.52. The van der Waals surface area contributed by atoms with Crippen molar-refractivity contribution in [1.29, 1.82) is 0 Å². The summed E-state index contributed by atoms with van der Waals surface area (Å²) in [6.07, 6.45) is -2.02.